The molecule has 1 aromatic carbocycles. The molecule has 5 nitrogen and oxygen atoms in total. The number of alkyl carbamates (subject to hydrolysis) is 1. The summed E-state index contributed by atoms with van der Waals surface area (Å²) in [6.45, 7) is 6.58. The fourth-order valence-electron chi connectivity index (χ4n) is 2.02. The fraction of sp³-hybridized carbons (Fsp3) is 0.611. The highest BCUT2D eigenvalue weighted by molar-refractivity contribution is 5.67. The molecule has 0 radical (unpaired) electrons. The Bertz CT molecular complexity index is 442. The van der Waals surface area contributed by atoms with Crippen molar-refractivity contribution in [1.29, 1.82) is 0 Å². The number of aliphatic hydroxyl groups excluding tert-OH is 1. The number of nitrogens with one attached hydrogen (secondary N) is 1. The van der Waals surface area contributed by atoms with E-state index in [-0.39, 0.29) is 12.7 Å². The van der Waals surface area contributed by atoms with E-state index in [2.05, 4.69) is 5.32 Å². The van der Waals surface area contributed by atoms with Gasteiger partial charge in [0, 0.05) is 6.54 Å². The predicted octanol–water partition coefficient (Wildman–Crippen LogP) is 3.26. The first-order valence-corrected chi connectivity index (χ1v) is 8.14. The SMILES string of the molecule is CC(C)(C)OC(=O)NCCCC[C@@H](CO)OCc1ccccc1. The van der Waals surface area contributed by atoms with E-state index in [4.69, 9.17) is 9.47 Å². The molecule has 0 unspecified atom stereocenters. The third-order valence-electron chi connectivity index (χ3n) is 3.15. The van der Waals surface area contributed by atoms with Gasteiger partial charge < -0.3 is 19.9 Å². The lowest BCUT2D eigenvalue weighted by Crippen LogP contribution is -2.33. The van der Waals surface area contributed by atoms with E-state index in [0.29, 0.717) is 13.2 Å². The fourth-order valence-corrected chi connectivity index (χ4v) is 2.02. The molecule has 1 atom stereocenters. The second-order valence-corrected chi connectivity index (χ2v) is 6.53. The summed E-state index contributed by atoms with van der Waals surface area (Å²) < 4.78 is 10.9. The van der Waals surface area contributed by atoms with Crippen LogP contribution >= 0.6 is 0 Å². The van der Waals surface area contributed by atoms with E-state index in [9.17, 15) is 9.90 Å². The van der Waals surface area contributed by atoms with Crippen molar-refractivity contribution in [3.05, 3.63) is 35.9 Å². The highest BCUT2D eigenvalue weighted by Crippen LogP contribution is 2.09. The molecular formula is C18H29NO4. The Kier molecular flexibility index (Phi) is 8.66. The molecule has 2 N–H and O–H groups in total. The summed E-state index contributed by atoms with van der Waals surface area (Å²) in [5.41, 5.74) is 0.620. The minimum Gasteiger partial charge on any atom is -0.444 e. The second kappa shape index (κ2) is 10.2. The molecule has 1 rings (SSSR count). The minimum atomic E-state index is -0.475. The lowest BCUT2D eigenvalue weighted by Gasteiger charge is -2.19. The van der Waals surface area contributed by atoms with E-state index in [1.165, 1.54) is 0 Å². The van der Waals surface area contributed by atoms with Gasteiger partial charge in [-0.2, -0.15) is 0 Å². The van der Waals surface area contributed by atoms with Crippen molar-refractivity contribution in [2.24, 2.45) is 0 Å². The first-order chi connectivity index (χ1) is 10.9. The minimum absolute atomic E-state index is 0.00628. The van der Waals surface area contributed by atoms with Gasteiger partial charge in [0.05, 0.1) is 19.3 Å². The van der Waals surface area contributed by atoms with Crippen molar-refractivity contribution in [3.8, 4) is 0 Å². The number of hydrogen-bond donors (Lipinski definition) is 2. The third kappa shape index (κ3) is 9.92. The lowest BCUT2D eigenvalue weighted by molar-refractivity contribution is -0.00342. The van der Waals surface area contributed by atoms with Crippen LogP contribution in [0, 0.1) is 0 Å². The summed E-state index contributed by atoms with van der Waals surface area (Å²) >= 11 is 0. The maximum Gasteiger partial charge on any atom is 0.407 e. The van der Waals surface area contributed by atoms with Crippen molar-refractivity contribution < 1.29 is 19.4 Å². The van der Waals surface area contributed by atoms with Gasteiger partial charge in [-0.05, 0) is 45.6 Å². The average molecular weight is 323 g/mol. The normalized spacial score (nSPS) is 12.7. The molecule has 0 bridgehead atoms. The van der Waals surface area contributed by atoms with Gasteiger partial charge in [-0.15, -0.1) is 0 Å². The lowest BCUT2D eigenvalue weighted by atomic mass is 10.1. The topological polar surface area (TPSA) is 67.8 Å². The molecule has 5 heteroatoms. The molecule has 0 aliphatic rings. The van der Waals surface area contributed by atoms with Crippen LogP contribution in [0.4, 0.5) is 4.79 Å². The predicted molar refractivity (Wildman–Crippen MR) is 90.2 cm³/mol. The first kappa shape index (κ1) is 19.5. The smallest absolute Gasteiger partial charge is 0.407 e. The van der Waals surface area contributed by atoms with E-state index >= 15 is 0 Å². The van der Waals surface area contributed by atoms with Gasteiger partial charge in [-0.3, -0.25) is 0 Å². The molecule has 0 spiro atoms. The average Bonchev–Trinajstić information content (AvgIpc) is 2.49. The molecule has 0 aromatic heterocycles. The standard InChI is InChI=1S/C18H29NO4/c1-18(2,3)23-17(21)19-12-8-7-11-16(13-20)22-14-15-9-5-4-6-10-15/h4-6,9-10,16,20H,7-8,11-14H2,1-3H3,(H,19,21)/t16-/m0/s1. The van der Waals surface area contributed by atoms with Crippen LogP contribution in [0.3, 0.4) is 0 Å². The number of aliphatic hydroxyl groups is 1. The van der Waals surface area contributed by atoms with E-state index in [1.807, 2.05) is 51.1 Å². The number of benzene rings is 1. The summed E-state index contributed by atoms with van der Waals surface area (Å²) in [4.78, 5) is 11.5. The number of ether oxygens (including phenoxy) is 2. The zero-order valence-corrected chi connectivity index (χ0v) is 14.4. The quantitative estimate of drug-likeness (QED) is 0.685. The van der Waals surface area contributed by atoms with Crippen molar-refractivity contribution in [1.82, 2.24) is 5.32 Å². The van der Waals surface area contributed by atoms with Crippen LogP contribution in [-0.2, 0) is 16.1 Å². The summed E-state index contributed by atoms with van der Waals surface area (Å²) in [6.07, 6.45) is 1.90. The Morgan fingerprint density at radius 1 is 1.22 bits per heavy atom. The van der Waals surface area contributed by atoms with Gasteiger partial charge in [-0.1, -0.05) is 30.3 Å². The number of carbonyl (C=O) groups is 1. The second-order valence-electron chi connectivity index (χ2n) is 6.53. The molecular weight excluding hydrogens is 294 g/mol. The van der Waals surface area contributed by atoms with Crippen LogP contribution in [0.1, 0.15) is 45.6 Å². The van der Waals surface area contributed by atoms with E-state index in [0.717, 1.165) is 24.8 Å². The van der Waals surface area contributed by atoms with Crippen LogP contribution in [0.25, 0.3) is 0 Å². The molecule has 23 heavy (non-hydrogen) atoms. The van der Waals surface area contributed by atoms with Gasteiger partial charge in [0.2, 0.25) is 0 Å². The highest BCUT2D eigenvalue weighted by Gasteiger charge is 2.15. The number of rotatable bonds is 9. The number of unbranched alkanes of at least 4 members (excludes halogenated alkanes) is 1. The van der Waals surface area contributed by atoms with Crippen LogP contribution in [0.5, 0.6) is 0 Å². The van der Waals surface area contributed by atoms with Crippen LogP contribution in [-0.4, -0.2) is 36.1 Å². The molecule has 0 aliphatic heterocycles. The van der Waals surface area contributed by atoms with Gasteiger partial charge in [0.15, 0.2) is 0 Å². The molecule has 0 heterocycles. The summed E-state index contributed by atoms with van der Waals surface area (Å²) in [6, 6.07) is 9.90. The van der Waals surface area contributed by atoms with Gasteiger partial charge in [0.1, 0.15) is 5.60 Å². The van der Waals surface area contributed by atoms with Gasteiger partial charge in [0.25, 0.3) is 0 Å². The number of carbonyl (C=O) groups excluding carboxylic acids is 1. The van der Waals surface area contributed by atoms with Gasteiger partial charge in [-0.25, -0.2) is 4.79 Å². The largest absolute Gasteiger partial charge is 0.444 e. The number of hydrogen-bond acceptors (Lipinski definition) is 4. The van der Waals surface area contributed by atoms with Crippen molar-refractivity contribution in [2.75, 3.05) is 13.2 Å². The first-order valence-electron chi connectivity index (χ1n) is 8.14. The summed E-state index contributed by atoms with van der Waals surface area (Å²) in [5, 5.41) is 12.1. The highest BCUT2D eigenvalue weighted by atomic mass is 16.6. The molecule has 0 saturated carbocycles. The van der Waals surface area contributed by atoms with Crippen molar-refractivity contribution in [3.63, 3.8) is 0 Å². The van der Waals surface area contributed by atoms with E-state index in [1.54, 1.807) is 0 Å². The molecule has 0 aliphatic carbocycles. The van der Waals surface area contributed by atoms with Crippen molar-refractivity contribution >= 4 is 6.09 Å². The Morgan fingerprint density at radius 3 is 2.52 bits per heavy atom. The van der Waals surface area contributed by atoms with Crippen LogP contribution < -0.4 is 5.32 Å². The Labute approximate surface area is 139 Å². The zero-order chi connectivity index (χ0) is 17.1. The third-order valence-corrected chi connectivity index (χ3v) is 3.15. The van der Waals surface area contributed by atoms with Crippen molar-refractivity contribution in [2.45, 2.75) is 58.3 Å². The maximum absolute atomic E-state index is 11.5. The number of amides is 1. The van der Waals surface area contributed by atoms with Crippen LogP contribution in [0.15, 0.2) is 30.3 Å². The van der Waals surface area contributed by atoms with Crippen LogP contribution in [0.2, 0.25) is 0 Å². The molecule has 1 aromatic rings. The summed E-state index contributed by atoms with van der Waals surface area (Å²) in [5.74, 6) is 0. The molecule has 0 fully saturated rings. The summed E-state index contributed by atoms with van der Waals surface area (Å²) in [7, 11) is 0. The molecule has 1 amide bonds. The monoisotopic (exact) mass is 323 g/mol. The molecule has 130 valence electrons. The molecule has 0 saturated heterocycles. The van der Waals surface area contributed by atoms with Gasteiger partial charge >= 0.3 is 6.09 Å². The Balaban J connectivity index is 2.12. The zero-order valence-electron chi connectivity index (χ0n) is 14.4. The maximum atomic E-state index is 11.5. The Hall–Kier alpha value is -1.59. The van der Waals surface area contributed by atoms with E-state index < -0.39 is 11.7 Å². The Morgan fingerprint density at radius 2 is 1.91 bits per heavy atom.